The molecule has 1 fully saturated rings. The summed E-state index contributed by atoms with van der Waals surface area (Å²) < 4.78 is 28.1. The number of imidazole rings is 1. The van der Waals surface area contributed by atoms with Gasteiger partial charge in [-0.3, -0.25) is 4.84 Å². The van der Waals surface area contributed by atoms with Crippen LogP contribution >= 0.6 is 0 Å². The van der Waals surface area contributed by atoms with Crippen LogP contribution in [0.3, 0.4) is 0 Å². The Morgan fingerprint density at radius 1 is 1.07 bits per heavy atom. The Kier molecular flexibility index (Phi) is 7.07. The predicted octanol–water partition coefficient (Wildman–Crippen LogP) is 4.68. The van der Waals surface area contributed by atoms with E-state index < -0.39 is 5.82 Å². The summed E-state index contributed by atoms with van der Waals surface area (Å²) in [5.41, 5.74) is 6.60. The van der Waals surface area contributed by atoms with Gasteiger partial charge in [-0.2, -0.15) is 15.3 Å². The van der Waals surface area contributed by atoms with Crippen LogP contribution in [-0.2, 0) is 29.3 Å². The summed E-state index contributed by atoms with van der Waals surface area (Å²) in [6.45, 7) is 7.07. The van der Waals surface area contributed by atoms with E-state index in [-0.39, 0.29) is 18.3 Å². The van der Waals surface area contributed by atoms with E-state index in [1.807, 2.05) is 23.3 Å². The van der Waals surface area contributed by atoms with Crippen LogP contribution in [0.2, 0.25) is 0 Å². The van der Waals surface area contributed by atoms with Crippen LogP contribution in [0, 0.1) is 24.1 Å². The normalized spacial score (nSPS) is 18.7. The Balaban J connectivity index is 1.01. The first-order valence-electron chi connectivity index (χ1n) is 14.2. The lowest BCUT2D eigenvalue weighted by Gasteiger charge is -2.29. The van der Waals surface area contributed by atoms with Crippen LogP contribution in [0.1, 0.15) is 28.9 Å². The molecule has 0 N–H and O–H groups in total. The standard InChI is InChI=1S/C32H31FN6O3/c1-21-5-8-28-29(11-21)39(17-26-9-10-40-26)31(35-28)18-38-16-24-14-37(15-25(24)20-42-38)30-3-2-4-32(36-30)41-19-23-7-6-22(13-34)12-27(23)33/h2-8,11-12,26H,9-10,14-20H2,1H3. The lowest BCUT2D eigenvalue weighted by Crippen LogP contribution is -2.35. The van der Waals surface area contributed by atoms with Crippen molar-refractivity contribution >= 4 is 16.9 Å². The van der Waals surface area contributed by atoms with Crippen molar-refractivity contribution in [2.45, 2.75) is 39.1 Å². The van der Waals surface area contributed by atoms with Gasteiger partial charge in [0, 0.05) is 37.9 Å². The maximum absolute atomic E-state index is 14.3. The number of nitriles is 1. The van der Waals surface area contributed by atoms with Gasteiger partial charge in [-0.25, -0.2) is 9.37 Å². The van der Waals surface area contributed by atoms with Crippen LogP contribution < -0.4 is 9.64 Å². The molecule has 5 heterocycles. The van der Waals surface area contributed by atoms with Crippen molar-refractivity contribution in [3.63, 3.8) is 0 Å². The van der Waals surface area contributed by atoms with E-state index in [1.54, 1.807) is 18.2 Å². The Labute approximate surface area is 243 Å². The number of pyridine rings is 1. The number of anilines is 1. The van der Waals surface area contributed by atoms with Gasteiger partial charge in [0.15, 0.2) is 0 Å². The molecule has 0 aliphatic carbocycles. The van der Waals surface area contributed by atoms with Crippen molar-refractivity contribution in [3.05, 3.63) is 94.1 Å². The molecule has 1 unspecified atom stereocenters. The number of aryl methyl sites for hydroxylation is 1. The number of nitrogens with zero attached hydrogens (tertiary/aromatic N) is 6. The lowest BCUT2D eigenvalue weighted by molar-refractivity contribution is -0.161. The fraction of sp³-hybridized carbons (Fsp3) is 0.344. The zero-order valence-electron chi connectivity index (χ0n) is 23.4. The first-order chi connectivity index (χ1) is 20.5. The first kappa shape index (κ1) is 26.6. The van der Waals surface area contributed by atoms with E-state index in [0.717, 1.165) is 55.3 Å². The third-order valence-corrected chi connectivity index (χ3v) is 8.12. The molecule has 214 valence electrons. The molecule has 3 aliphatic heterocycles. The van der Waals surface area contributed by atoms with Crippen molar-refractivity contribution in [2.24, 2.45) is 0 Å². The highest BCUT2D eigenvalue weighted by molar-refractivity contribution is 5.77. The minimum absolute atomic E-state index is 0.0305. The second-order valence-electron chi connectivity index (χ2n) is 11.1. The molecule has 9 nitrogen and oxygen atoms in total. The van der Waals surface area contributed by atoms with Gasteiger partial charge >= 0.3 is 0 Å². The molecule has 2 aromatic heterocycles. The summed E-state index contributed by atoms with van der Waals surface area (Å²) in [6.07, 6.45) is 1.31. The van der Waals surface area contributed by atoms with Gasteiger partial charge in [-0.05, 0) is 60.4 Å². The predicted molar refractivity (Wildman–Crippen MR) is 154 cm³/mol. The fourth-order valence-corrected chi connectivity index (χ4v) is 5.68. The summed E-state index contributed by atoms with van der Waals surface area (Å²) in [5.74, 6) is 1.73. The summed E-state index contributed by atoms with van der Waals surface area (Å²) in [7, 11) is 0. The van der Waals surface area contributed by atoms with Gasteiger partial charge in [0.25, 0.3) is 0 Å². The van der Waals surface area contributed by atoms with Crippen LogP contribution in [0.5, 0.6) is 5.88 Å². The molecule has 0 bridgehead atoms. The van der Waals surface area contributed by atoms with E-state index >= 15 is 0 Å². The average Bonchev–Trinajstić information content (AvgIpc) is 3.55. The van der Waals surface area contributed by atoms with Crippen LogP contribution in [0.4, 0.5) is 10.2 Å². The molecule has 7 rings (SSSR count). The van der Waals surface area contributed by atoms with Crippen molar-refractivity contribution < 1.29 is 18.7 Å². The molecule has 0 saturated carbocycles. The topological polar surface area (TPSA) is 88.7 Å². The fourth-order valence-electron chi connectivity index (χ4n) is 5.68. The van der Waals surface area contributed by atoms with Crippen molar-refractivity contribution in [3.8, 4) is 11.9 Å². The number of hydrogen-bond acceptors (Lipinski definition) is 8. The minimum Gasteiger partial charge on any atom is -0.473 e. The number of rotatable bonds is 8. The van der Waals surface area contributed by atoms with Gasteiger partial charge in [0.05, 0.1) is 48.5 Å². The Morgan fingerprint density at radius 2 is 1.95 bits per heavy atom. The molecule has 1 saturated heterocycles. The molecule has 10 heteroatoms. The zero-order chi connectivity index (χ0) is 28.6. The summed E-state index contributed by atoms with van der Waals surface area (Å²) in [4.78, 5) is 18.1. The SMILES string of the molecule is Cc1ccc2nc(CN3CC4=C(CO3)CN(c3cccc(OCc5ccc(C#N)cc5F)n3)C4)n(CC3CCO3)c2c1. The van der Waals surface area contributed by atoms with Crippen molar-refractivity contribution in [2.75, 3.05) is 37.7 Å². The number of benzene rings is 2. The quantitative estimate of drug-likeness (QED) is 0.284. The zero-order valence-corrected chi connectivity index (χ0v) is 23.4. The maximum atomic E-state index is 14.3. The van der Waals surface area contributed by atoms with Gasteiger partial charge in [-0.1, -0.05) is 18.2 Å². The molecule has 2 aromatic carbocycles. The first-order valence-corrected chi connectivity index (χ1v) is 14.2. The second kappa shape index (κ2) is 11.2. The van der Waals surface area contributed by atoms with E-state index in [1.165, 1.54) is 22.8 Å². The molecular formula is C32H31FN6O3. The monoisotopic (exact) mass is 566 g/mol. The second-order valence-corrected chi connectivity index (χ2v) is 11.1. The van der Waals surface area contributed by atoms with Gasteiger partial charge < -0.3 is 18.9 Å². The number of ether oxygens (including phenoxy) is 2. The van der Waals surface area contributed by atoms with Crippen LogP contribution in [0.25, 0.3) is 11.0 Å². The summed E-state index contributed by atoms with van der Waals surface area (Å²) in [6, 6.07) is 18.3. The summed E-state index contributed by atoms with van der Waals surface area (Å²) in [5, 5.41) is 11.0. The minimum atomic E-state index is -0.465. The third kappa shape index (κ3) is 5.34. The molecule has 3 aliphatic rings. The Morgan fingerprint density at radius 3 is 2.76 bits per heavy atom. The van der Waals surface area contributed by atoms with Crippen molar-refractivity contribution in [1.82, 2.24) is 19.6 Å². The van der Waals surface area contributed by atoms with Gasteiger partial charge in [0.2, 0.25) is 5.88 Å². The summed E-state index contributed by atoms with van der Waals surface area (Å²) >= 11 is 0. The molecule has 1 atom stereocenters. The van der Waals surface area contributed by atoms with E-state index in [9.17, 15) is 4.39 Å². The smallest absolute Gasteiger partial charge is 0.215 e. The number of fused-ring (bicyclic) bond motifs is 1. The highest BCUT2D eigenvalue weighted by Crippen LogP contribution is 2.30. The third-order valence-electron chi connectivity index (χ3n) is 8.12. The molecular weight excluding hydrogens is 535 g/mol. The van der Waals surface area contributed by atoms with Gasteiger partial charge in [0.1, 0.15) is 24.1 Å². The number of hydroxylamine groups is 2. The van der Waals surface area contributed by atoms with Crippen LogP contribution in [-0.4, -0.2) is 58.6 Å². The highest BCUT2D eigenvalue weighted by atomic mass is 19.1. The number of aromatic nitrogens is 3. The Hall–Kier alpha value is -4.30. The van der Waals surface area contributed by atoms with E-state index in [0.29, 0.717) is 31.1 Å². The number of halogens is 1. The Bertz CT molecular complexity index is 1720. The molecule has 4 aromatic rings. The van der Waals surface area contributed by atoms with E-state index in [4.69, 9.17) is 24.6 Å². The molecule has 42 heavy (non-hydrogen) atoms. The lowest BCUT2D eigenvalue weighted by atomic mass is 10.1. The van der Waals surface area contributed by atoms with Crippen LogP contribution in [0.15, 0.2) is 65.7 Å². The average molecular weight is 567 g/mol. The molecule has 0 spiro atoms. The highest BCUT2D eigenvalue weighted by Gasteiger charge is 2.30. The number of hydrogen-bond donors (Lipinski definition) is 0. The molecule has 0 radical (unpaired) electrons. The van der Waals surface area contributed by atoms with Crippen molar-refractivity contribution in [1.29, 1.82) is 5.26 Å². The largest absolute Gasteiger partial charge is 0.473 e. The van der Waals surface area contributed by atoms with Gasteiger partial charge in [-0.15, -0.1) is 0 Å². The van der Waals surface area contributed by atoms with E-state index in [2.05, 4.69) is 39.6 Å². The molecule has 0 amide bonds. The maximum Gasteiger partial charge on any atom is 0.215 e.